The van der Waals surface area contributed by atoms with E-state index in [0.29, 0.717) is 17.5 Å². The third kappa shape index (κ3) is 5.42. The summed E-state index contributed by atoms with van der Waals surface area (Å²) in [5.74, 6) is 1.87. The van der Waals surface area contributed by atoms with E-state index in [9.17, 15) is 0 Å². The molecule has 0 unspecified atom stereocenters. The number of hydrogen-bond donors (Lipinski definition) is 0. The van der Waals surface area contributed by atoms with Gasteiger partial charge in [-0.25, -0.2) is 15.0 Å². The van der Waals surface area contributed by atoms with Gasteiger partial charge in [-0.1, -0.05) is 188 Å². The molecule has 0 N–H and O–H groups in total. The number of rotatable bonds is 5. The number of hydrogen-bond acceptors (Lipinski definition) is 4. The van der Waals surface area contributed by atoms with Crippen LogP contribution < -0.4 is 0 Å². The molecule has 0 saturated carbocycles. The van der Waals surface area contributed by atoms with Crippen molar-refractivity contribution in [2.75, 3.05) is 0 Å². The second-order valence-electron chi connectivity index (χ2n) is 15.1. The summed E-state index contributed by atoms with van der Waals surface area (Å²) in [7, 11) is 0. The first kappa shape index (κ1) is 33.2. The monoisotopic (exact) mass is 751 g/mol. The van der Waals surface area contributed by atoms with Crippen LogP contribution in [0.15, 0.2) is 205 Å². The summed E-state index contributed by atoms with van der Waals surface area (Å²) < 4.78 is 6.36. The van der Waals surface area contributed by atoms with Crippen molar-refractivity contribution in [2.45, 2.75) is 0 Å². The zero-order chi connectivity index (χ0) is 38.9. The van der Waals surface area contributed by atoms with E-state index in [0.717, 1.165) is 55.3 Å². The Morgan fingerprint density at radius 2 is 0.695 bits per heavy atom. The third-order valence-electron chi connectivity index (χ3n) is 11.7. The average Bonchev–Trinajstić information content (AvgIpc) is 3.71. The quantitative estimate of drug-likeness (QED) is 0.164. The van der Waals surface area contributed by atoms with E-state index >= 15 is 0 Å². The van der Waals surface area contributed by atoms with Gasteiger partial charge in [-0.3, -0.25) is 0 Å². The molecule has 0 aliphatic rings. The van der Waals surface area contributed by atoms with Crippen LogP contribution in [0.2, 0.25) is 0 Å². The Bertz CT molecular complexity index is 3590. The Balaban J connectivity index is 0.967. The molecule has 2 heterocycles. The van der Waals surface area contributed by atoms with Gasteiger partial charge in [0, 0.05) is 33.0 Å². The smallest absolute Gasteiger partial charge is 0.164 e. The SMILES string of the molecule is c1ccc(-c2nc(-c3ccc(-c4cc5c6ccccc6c6ccccc6c5c5ccccc45)cc3)nc(-c3ccc(-c4cccc5c4oc4ccccc45)cc3)n2)cc1. The fourth-order valence-electron chi connectivity index (χ4n) is 8.93. The van der Waals surface area contributed by atoms with Crippen molar-refractivity contribution in [2.24, 2.45) is 0 Å². The van der Waals surface area contributed by atoms with Gasteiger partial charge in [0.05, 0.1) is 0 Å². The summed E-state index contributed by atoms with van der Waals surface area (Å²) in [5, 5.41) is 12.3. The molecular formula is C55H33N3O. The van der Waals surface area contributed by atoms with Crippen LogP contribution in [-0.4, -0.2) is 15.0 Å². The molecule has 274 valence electrons. The van der Waals surface area contributed by atoms with Crippen LogP contribution in [0.3, 0.4) is 0 Å². The first-order valence-corrected chi connectivity index (χ1v) is 19.9. The maximum absolute atomic E-state index is 6.36. The molecule has 0 amide bonds. The van der Waals surface area contributed by atoms with Gasteiger partial charge in [0.15, 0.2) is 17.5 Å². The van der Waals surface area contributed by atoms with Gasteiger partial charge in [-0.05, 0) is 71.9 Å². The lowest BCUT2D eigenvalue weighted by atomic mass is 9.87. The summed E-state index contributed by atoms with van der Waals surface area (Å²) in [6.45, 7) is 0. The van der Waals surface area contributed by atoms with Crippen LogP contribution in [-0.2, 0) is 0 Å². The molecule has 0 bridgehead atoms. The molecule has 0 fully saturated rings. The molecule has 4 nitrogen and oxygen atoms in total. The molecule has 12 aromatic rings. The Morgan fingerprint density at radius 3 is 1.32 bits per heavy atom. The van der Waals surface area contributed by atoms with E-state index in [4.69, 9.17) is 19.4 Å². The Morgan fingerprint density at radius 1 is 0.271 bits per heavy atom. The summed E-state index contributed by atoms with van der Waals surface area (Å²) in [6, 6.07) is 70.5. The zero-order valence-corrected chi connectivity index (χ0v) is 31.8. The van der Waals surface area contributed by atoms with Crippen molar-refractivity contribution >= 4 is 65.0 Å². The zero-order valence-electron chi connectivity index (χ0n) is 31.8. The predicted molar refractivity (Wildman–Crippen MR) is 244 cm³/mol. The fourth-order valence-corrected chi connectivity index (χ4v) is 8.93. The Hall–Kier alpha value is -7.95. The van der Waals surface area contributed by atoms with Crippen LogP contribution in [0, 0.1) is 0 Å². The average molecular weight is 752 g/mol. The van der Waals surface area contributed by atoms with Crippen molar-refractivity contribution in [3.8, 4) is 56.4 Å². The topological polar surface area (TPSA) is 51.8 Å². The molecule has 4 heteroatoms. The van der Waals surface area contributed by atoms with Gasteiger partial charge in [0.2, 0.25) is 0 Å². The minimum atomic E-state index is 0.617. The molecular weight excluding hydrogens is 719 g/mol. The van der Waals surface area contributed by atoms with Crippen molar-refractivity contribution in [1.82, 2.24) is 15.0 Å². The van der Waals surface area contributed by atoms with E-state index < -0.39 is 0 Å². The van der Waals surface area contributed by atoms with Crippen LogP contribution in [0.1, 0.15) is 0 Å². The van der Waals surface area contributed by atoms with Crippen LogP contribution >= 0.6 is 0 Å². The minimum absolute atomic E-state index is 0.617. The maximum atomic E-state index is 6.36. The molecule has 0 spiro atoms. The normalized spacial score (nSPS) is 11.7. The highest BCUT2D eigenvalue weighted by molar-refractivity contribution is 6.33. The molecule has 0 aliphatic carbocycles. The molecule has 2 aromatic heterocycles. The Kier molecular flexibility index (Phi) is 7.50. The molecule has 0 radical (unpaired) electrons. The molecule has 0 aliphatic heterocycles. The van der Waals surface area contributed by atoms with Gasteiger partial charge >= 0.3 is 0 Å². The van der Waals surface area contributed by atoms with E-state index in [1.807, 2.05) is 42.5 Å². The third-order valence-corrected chi connectivity index (χ3v) is 11.7. The number of para-hydroxylation sites is 2. The van der Waals surface area contributed by atoms with Crippen molar-refractivity contribution < 1.29 is 4.42 Å². The highest BCUT2D eigenvalue weighted by Gasteiger charge is 2.17. The first-order valence-electron chi connectivity index (χ1n) is 19.9. The molecule has 0 atom stereocenters. The predicted octanol–water partition coefficient (Wildman–Crippen LogP) is 14.7. The first-order chi connectivity index (χ1) is 29.2. The second-order valence-corrected chi connectivity index (χ2v) is 15.1. The van der Waals surface area contributed by atoms with Crippen LogP contribution in [0.25, 0.3) is 121 Å². The fraction of sp³-hybridized carbons (Fsp3) is 0. The van der Waals surface area contributed by atoms with E-state index in [-0.39, 0.29) is 0 Å². The maximum Gasteiger partial charge on any atom is 0.164 e. The van der Waals surface area contributed by atoms with Gasteiger partial charge < -0.3 is 4.42 Å². The van der Waals surface area contributed by atoms with Gasteiger partial charge in [0.1, 0.15) is 11.2 Å². The largest absolute Gasteiger partial charge is 0.455 e. The van der Waals surface area contributed by atoms with Gasteiger partial charge in [-0.15, -0.1) is 0 Å². The summed E-state index contributed by atoms with van der Waals surface area (Å²) in [4.78, 5) is 15.2. The van der Waals surface area contributed by atoms with E-state index in [2.05, 4.69) is 158 Å². The summed E-state index contributed by atoms with van der Waals surface area (Å²) in [5.41, 5.74) is 8.98. The number of benzene rings is 10. The molecule has 12 rings (SSSR count). The van der Waals surface area contributed by atoms with Crippen LogP contribution in [0.4, 0.5) is 0 Å². The summed E-state index contributed by atoms with van der Waals surface area (Å²) in [6.07, 6.45) is 0. The standard InChI is InChI=1S/C55H33N3O/c1-2-13-36(14-3-1)53-56-54(37-29-25-34(26-30-37)39-22-12-23-47-44-19-10-11-24-50(44)59-52(39)47)58-55(57-53)38-31-27-35(28-32-38)48-33-49-42-17-5-4-15-40(42)41-16-6-8-20-45(41)51(49)46-21-9-7-18-43(46)48/h1-33H. The van der Waals surface area contributed by atoms with Crippen molar-refractivity contribution in [3.05, 3.63) is 200 Å². The molecule has 0 saturated heterocycles. The van der Waals surface area contributed by atoms with E-state index in [1.54, 1.807) is 0 Å². The summed E-state index contributed by atoms with van der Waals surface area (Å²) >= 11 is 0. The second kappa shape index (κ2) is 13.3. The van der Waals surface area contributed by atoms with Crippen molar-refractivity contribution in [3.63, 3.8) is 0 Å². The Labute approximate surface area is 339 Å². The highest BCUT2D eigenvalue weighted by Crippen LogP contribution is 2.43. The van der Waals surface area contributed by atoms with Gasteiger partial charge in [0.25, 0.3) is 0 Å². The van der Waals surface area contributed by atoms with Gasteiger partial charge in [-0.2, -0.15) is 0 Å². The minimum Gasteiger partial charge on any atom is -0.455 e. The number of nitrogens with zero attached hydrogens (tertiary/aromatic N) is 3. The lowest BCUT2D eigenvalue weighted by Crippen LogP contribution is -2.00. The lowest BCUT2D eigenvalue weighted by Gasteiger charge is -2.16. The number of fused-ring (bicyclic) bond motifs is 11. The molecule has 59 heavy (non-hydrogen) atoms. The molecule has 10 aromatic carbocycles. The highest BCUT2D eigenvalue weighted by atomic mass is 16.3. The van der Waals surface area contributed by atoms with Crippen molar-refractivity contribution in [1.29, 1.82) is 0 Å². The lowest BCUT2D eigenvalue weighted by molar-refractivity contribution is 0.670. The van der Waals surface area contributed by atoms with E-state index in [1.165, 1.54) is 48.7 Å². The number of furan rings is 1. The number of aromatic nitrogens is 3. The van der Waals surface area contributed by atoms with Crippen LogP contribution in [0.5, 0.6) is 0 Å².